The summed E-state index contributed by atoms with van der Waals surface area (Å²) >= 11 is 0. The van der Waals surface area contributed by atoms with Crippen LogP contribution in [0.25, 0.3) is 0 Å². The van der Waals surface area contributed by atoms with Crippen molar-refractivity contribution in [1.82, 2.24) is 5.32 Å². The van der Waals surface area contributed by atoms with Gasteiger partial charge in [-0.15, -0.1) is 0 Å². The van der Waals surface area contributed by atoms with E-state index in [0.717, 1.165) is 31.4 Å². The minimum atomic E-state index is -0.900. The number of para-hydroxylation sites is 1. The lowest BCUT2D eigenvalue weighted by Gasteiger charge is -2.60. The molecule has 8 heteroatoms. The van der Waals surface area contributed by atoms with Crippen LogP contribution in [0.15, 0.2) is 18.2 Å². The van der Waals surface area contributed by atoms with Crippen LogP contribution in [0.1, 0.15) is 45.4 Å². The Hall–Kier alpha value is -2.51. The highest BCUT2D eigenvalue weighted by Gasteiger charge is 2.61. The second-order valence-corrected chi connectivity index (χ2v) is 8.92. The Bertz CT molecular complexity index is 838. The minimum Gasteiger partial charge on any atom is -0.455 e. The average molecular weight is 406 g/mol. The van der Waals surface area contributed by atoms with Crippen molar-refractivity contribution in [1.29, 1.82) is 0 Å². The van der Waals surface area contributed by atoms with Gasteiger partial charge in [-0.1, -0.05) is 6.07 Å². The summed E-state index contributed by atoms with van der Waals surface area (Å²) < 4.78 is 32.6. The molecule has 2 amide bonds. The van der Waals surface area contributed by atoms with Crippen molar-refractivity contribution in [3.8, 4) is 0 Å². The number of carbonyl (C=O) groups excluding carboxylic acids is 3. The molecule has 0 aliphatic heterocycles. The first-order valence-electron chi connectivity index (χ1n) is 9.90. The summed E-state index contributed by atoms with van der Waals surface area (Å²) in [6.45, 7) is 0.868. The Morgan fingerprint density at radius 3 is 2.31 bits per heavy atom. The third-order valence-corrected chi connectivity index (χ3v) is 6.50. The van der Waals surface area contributed by atoms with Crippen LogP contribution < -0.4 is 10.6 Å². The van der Waals surface area contributed by atoms with E-state index in [2.05, 4.69) is 10.6 Å². The highest BCUT2D eigenvalue weighted by molar-refractivity contribution is 5.93. The van der Waals surface area contributed by atoms with Gasteiger partial charge in [-0.2, -0.15) is 0 Å². The van der Waals surface area contributed by atoms with Crippen LogP contribution in [0.5, 0.6) is 0 Å². The zero-order chi connectivity index (χ0) is 20.8. The van der Waals surface area contributed by atoms with Crippen LogP contribution in [0.4, 0.5) is 14.5 Å². The van der Waals surface area contributed by atoms with E-state index >= 15 is 0 Å². The molecule has 1 aromatic rings. The topological polar surface area (TPSA) is 84.5 Å². The van der Waals surface area contributed by atoms with Crippen molar-refractivity contribution in [3.05, 3.63) is 29.8 Å². The van der Waals surface area contributed by atoms with Gasteiger partial charge in [0.15, 0.2) is 6.61 Å². The normalized spacial score (nSPS) is 32.0. The average Bonchev–Trinajstić information content (AvgIpc) is 2.60. The van der Waals surface area contributed by atoms with Gasteiger partial charge in [0.1, 0.15) is 17.3 Å². The highest BCUT2D eigenvalue weighted by atomic mass is 19.1. The third-order valence-electron chi connectivity index (χ3n) is 6.50. The Kier molecular flexibility index (Phi) is 4.83. The number of anilines is 1. The summed E-state index contributed by atoms with van der Waals surface area (Å²) in [4.78, 5) is 36.7. The molecule has 0 heterocycles. The van der Waals surface area contributed by atoms with Gasteiger partial charge >= 0.3 is 5.97 Å². The zero-order valence-electron chi connectivity index (χ0n) is 16.2. The fourth-order valence-electron chi connectivity index (χ4n) is 6.10. The minimum absolute atomic E-state index is 0.109. The molecule has 2 N–H and O–H groups in total. The molecular formula is C21H24F2N2O4. The smallest absolute Gasteiger partial charge is 0.312 e. The van der Waals surface area contributed by atoms with Crippen molar-refractivity contribution in [2.24, 2.45) is 17.3 Å². The molecular weight excluding hydrogens is 382 g/mol. The van der Waals surface area contributed by atoms with E-state index in [-0.39, 0.29) is 11.4 Å². The third kappa shape index (κ3) is 3.72. The van der Waals surface area contributed by atoms with Crippen molar-refractivity contribution < 1.29 is 27.9 Å². The van der Waals surface area contributed by atoms with E-state index in [1.807, 2.05) is 0 Å². The number of amides is 2. The predicted molar refractivity (Wildman–Crippen MR) is 99.6 cm³/mol. The molecule has 5 rings (SSSR count). The fraction of sp³-hybridized carbons (Fsp3) is 0.571. The molecule has 2 unspecified atom stereocenters. The number of hydrogen-bond donors (Lipinski definition) is 2. The Morgan fingerprint density at radius 1 is 1.10 bits per heavy atom. The maximum Gasteiger partial charge on any atom is 0.312 e. The molecule has 1 aromatic carbocycles. The molecule has 4 fully saturated rings. The summed E-state index contributed by atoms with van der Waals surface area (Å²) in [5.74, 6) is -2.49. The number of nitrogens with one attached hydrogen (secondary N) is 2. The van der Waals surface area contributed by atoms with E-state index in [9.17, 15) is 23.2 Å². The molecule has 4 aliphatic carbocycles. The Labute approximate surface area is 167 Å². The molecule has 0 spiro atoms. The molecule has 29 heavy (non-hydrogen) atoms. The van der Waals surface area contributed by atoms with Crippen molar-refractivity contribution in [2.75, 3.05) is 11.9 Å². The summed E-state index contributed by atoms with van der Waals surface area (Å²) in [6, 6.07) is 3.25. The number of rotatable bonds is 5. The molecule has 6 nitrogen and oxygen atoms in total. The van der Waals surface area contributed by atoms with Gasteiger partial charge in [0.05, 0.1) is 5.41 Å². The molecule has 4 bridgehead atoms. The van der Waals surface area contributed by atoms with Gasteiger partial charge in [0.2, 0.25) is 5.91 Å². The zero-order valence-corrected chi connectivity index (χ0v) is 16.2. The molecule has 0 radical (unpaired) electrons. The summed E-state index contributed by atoms with van der Waals surface area (Å²) in [7, 11) is 0. The number of esters is 1. The fourth-order valence-corrected chi connectivity index (χ4v) is 6.10. The lowest BCUT2D eigenvalue weighted by molar-refractivity contribution is -0.176. The largest absolute Gasteiger partial charge is 0.455 e. The molecule has 4 atom stereocenters. The van der Waals surface area contributed by atoms with E-state index < -0.39 is 41.2 Å². The van der Waals surface area contributed by atoms with Gasteiger partial charge in [0.25, 0.3) is 5.91 Å². The standard InChI is InChI=1S/C21H24F2N2O4/c1-12(26)25-21-8-13-5-14(9-21)7-20(6-13,11-21)19(28)29-10-17(27)24-18-15(22)3-2-4-16(18)23/h2-4,13-14H,5-11H2,1H3,(H,24,27)(H,25,26)/t13-,14+,20?,21?. The monoisotopic (exact) mass is 406 g/mol. The first-order chi connectivity index (χ1) is 13.7. The van der Waals surface area contributed by atoms with Crippen LogP contribution in [-0.4, -0.2) is 29.9 Å². The number of carbonyl (C=O) groups is 3. The molecule has 4 aliphatic rings. The van der Waals surface area contributed by atoms with Gasteiger partial charge in [0, 0.05) is 12.5 Å². The van der Waals surface area contributed by atoms with E-state index in [4.69, 9.17) is 4.74 Å². The highest BCUT2D eigenvalue weighted by Crippen LogP contribution is 2.62. The SMILES string of the molecule is CC(=O)NC12C[C@H]3C[C@@H](C1)CC(C(=O)OCC(=O)Nc1c(F)cccc1F)(C3)C2. The summed E-state index contributed by atoms with van der Waals surface area (Å²) in [5.41, 5.74) is -1.66. The van der Waals surface area contributed by atoms with E-state index in [1.54, 1.807) is 0 Å². The van der Waals surface area contributed by atoms with Crippen LogP contribution in [0.2, 0.25) is 0 Å². The predicted octanol–water partition coefficient (Wildman–Crippen LogP) is 2.92. The van der Waals surface area contributed by atoms with Gasteiger partial charge in [-0.3, -0.25) is 14.4 Å². The van der Waals surface area contributed by atoms with Gasteiger partial charge in [-0.25, -0.2) is 8.78 Å². The maximum atomic E-state index is 13.7. The van der Waals surface area contributed by atoms with Gasteiger partial charge < -0.3 is 15.4 Å². The second-order valence-electron chi connectivity index (χ2n) is 8.92. The molecule has 0 aromatic heterocycles. The Balaban J connectivity index is 1.42. The molecule has 4 saturated carbocycles. The number of ether oxygens (including phenoxy) is 1. The van der Waals surface area contributed by atoms with Crippen molar-refractivity contribution >= 4 is 23.5 Å². The van der Waals surface area contributed by atoms with Crippen molar-refractivity contribution in [3.63, 3.8) is 0 Å². The second kappa shape index (κ2) is 7.07. The Morgan fingerprint density at radius 2 is 1.72 bits per heavy atom. The van der Waals surface area contributed by atoms with Gasteiger partial charge in [-0.05, 0) is 62.5 Å². The van der Waals surface area contributed by atoms with Crippen LogP contribution in [0, 0.1) is 28.9 Å². The molecule has 156 valence electrons. The quantitative estimate of drug-likeness (QED) is 0.737. The lowest BCUT2D eigenvalue weighted by Crippen LogP contribution is -2.64. The lowest BCUT2D eigenvalue weighted by atomic mass is 9.47. The number of benzene rings is 1. The summed E-state index contributed by atoms with van der Waals surface area (Å²) in [6.07, 6.45) is 4.66. The van der Waals surface area contributed by atoms with E-state index in [1.165, 1.54) is 13.0 Å². The first-order valence-corrected chi connectivity index (χ1v) is 9.90. The summed E-state index contributed by atoms with van der Waals surface area (Å²) in [5, 5.41) is 5.19. The van der Waals surface area contributed by atoms with Crippen molar-refractivity contribution in [2.45, 2.75) is 51.0 Å². The molecule has 0 saturated heterocycles. The van der Waals surface area contributed by atoms with E-state index in [0.29, 0.717) is 31.1 Å². The van der Waals surface area contributed by atoms with Crippen LogP contribution >= 0.6 is 0 Å². The first kappa shape index (κ1) is 19.8. The van der Waals surface area contributed by atoms with Crippen LogP contribution in [-0.2, 0) is 19.1 Å². The number of halogens is 2. The maximum absolute atomic E-state index is 13.7. The van der Waals surface area contributed by atoms with Crippen LogP contribution in [0.3, 0.4) is 0 Å². The number of hydrogen-bond acceptors (Lipinski definition) is 4.